The molecule has 6 heteroatoms. The zero-order valence-electron chi connectivity index (χ0n) is 18.7. The molecule has 6 nitrogen and oxygen atoms in total. The maximum absolute atomic E-state index is 4.47. The van der Waals surface area contributed by atoms with Crippen molar-refractivity contribution in [1.82, 2.24) is 30.0 Å². The van der Waals surface area contributed by atoms with E-state index in [2.05, 4.69) is 119 Å². The van der Waals surface area contributed by atoms with Crippen LogP contribution < -0.4 is 0 Å². The second-order valence-electron chi connectivity index (χ2n) is 9.08. The third-order valence-corrected chi connectivity index (χ3v) is 5.73. The molecule has 0 N–H and O–H groups in total. The highest BCUT2D eigenvalue weighted by Crippen LogP contribution is 2.30. The monoisotopic (exact) mass is 416 g/mol. The third-order valence-electron chi connectivity index (χ3n) is 5.73. The fourth-order valence-electron chi connectivity index (χ4n) is 4.11. The Morgan fingerprint density at radius 2 is 1.55 bits per heavy atom. The van der Waals surface area contributed by atoms with Crippen LogP contribution in [0.25, 0.3) is 6.08 Å². The molecule has 1 fully saturated rings. The summed E-state index contributed by atoms with van der Waals surface area (Å²) in [6, 6.07) is 21.1. The minimum atomic E-state index is -0.171. The van der Waals surface area contributed by atoms with Gasteiger partial charge in [-0.3, -0.25) is 9.80 Å². The number of aromatic nitrogens is 4. The normalized spacial score (nSPS) is 17.3. The van der Waals surface area contributed by atoms with Gasteiger partial charge in [0.05, 0.1) is 11.6 Å². The summed E-state index contributed by atoms with van der Waals surface area (Å²) >= 11 is 0. The number of hydrogen-bond donors (Lipinski definition) is 0. The van der Waals surface area contributed by atoms with Crippen LogP contribution in [-0.2, 0) is 5.54 Å². The maximum atomic E-state index is 4.47. The molecule has 2 heterocycles. The number of rotatable bonds is 6. The van der Waals surface area contributed by atoms with Gasteiger partial charge in [0.1, 0.15) is 0 Å². The molecule has 1 aliphatic rings. The lowest BCUT2D eigenvalue weighted by Gasteiger charge is -2.39. The Labute approximate surface area is 185 Å². The highest BCUT2D eigenvalue weighted by atomic mass is 15.6. The van der Waals surface area contributed by atoms with Crippen molar-refractivity contribution in [2.75, 3.05) is 32.7 Å². The van der Waals surface area contributed by atoms with Crippen molar-refractivity contribution in [3.05, 3.63) is 83.7 Å². The maximum Gasteiger partial charge on any atom is 0.173 e. The topological polar surface area (TPSA) is 50.1 Å². The Morgan fingerprint density at radius 1 is 0.903 bits per heavy atom. The van der Waals surface area contributed by atoms with Crippen LogP contribution in [0.2, 0.25) is 0 Å². The molecule has 162 valence electrons. The van der Waals surface area contributed by atoms with Gasteiger partial charge in [-0.05, 0) is 42.3 Å². The van der Waals surface area contributed by atoms with Gasteiger partial charge < -0.3 is 0 Å². The molecular formula is C25H32N6. The number of nitrogens with zero attached hydrogens (tertiary/aromatic N) is 6. The summed E-state index contributed by atoms with van der Waals surface area (Å²) in [5, 5.41) is 12.8. The van der Waals surface area contributed by atoms with Gasteiger partial charge in [0.15, 0.2) is 5.82 Å². The second kappa shape index (κ2) is 9.54. The van der Waals surface area contributed by atoms with Gasteiger partial charge in [-0.25, -0.2) is 4.68 Å². The molecule has 1 atom stereocenters. The number of hydrogen-bond acceptors (Lipinski definition) is 5. The zero-order valence-corrected chi connectivity index (χ0v) is 18.7. The minimum Gasteiger partial charge on any atom is -0.297 e. The van der Waals surface area contributed by atoms with E-state index < -0.39 is 0 Å². The number of tetrazole rings is 1. The van der Waals surface area contributed by atoms with Crippen molar-refractivity contribution in [3.63, 3.8) is 0 Å². The van der Waals surface area contributed by atoms with Gasteiger partial charge in [-0.1, -0.05) is 72.8 Å². The van der Waals surface area contributed by atoms with Crippen molar-refractivity contribution in [2.24, 2.45) is 0 Å². The molecule has 0 spiro atoms. The lowest BCUT2D eigenvalue weighted by atomic mass is 10.0. The van der Waals surface area contributed by atoms with Crippen LogP contribution in [0, 0.1) is 0 Å². The fourth-order valence-corrected chi connectivity index (χ4v) is 4.11. The molecule has 0 aliphatic carbocycles. The zero-order chi connectivity index (χ0) is 21.7. The van der Waals surface area contributed by atoms with E-state index in [1.807, 2.05) is 4.68 Å². The molecule has 4 rings (SSSR count). The quantitative estimate of drug-likeness (QED) is 0.611. The van der Waals surface area contributed by atoms with E-state index in [1.165, 1.54) is 11.1 Å². The molecule has 0 saturated carbocycles. The van der Waals surface area contributed by atoms with Crippen molar-refractivity contribution in [2.45, 2.75) is 32.4 Å². The van der Waals surface area contributed by atoms with Crippen molar-refractivity contribution >= 4 is 6.08 Å². The Kier molecular flexibility index (Phi) is 6.59. The summed E-state index contributed by atoms with van der Waals surface area (Å²) in [7, 11) is 0. The first-order valence-corrected chi connectivity index (χ1v) is 11.0. The standard InChI is InChI=1S/C25H32N6/c1-25(2,3)31-24(26-27-28-31)23(22-14-8-5-9-15-22)30-19-17-29(18-20-30)16-10-13-21-11-6-4-7-12-21/h4-15,23H,16-20H2,1-3H3/b13-10+/t23-/m1/s1. The molecule has 1 aliphatic heterocycles. The summed E-state index contributed by atoms with van der Waals surface area (Å²) in [5.41, 5.74) is 2.31. The molecule has 0 amide bonds. The van der Waals surface area contributed by atoms with Crippen LogP contribution in [-0.4, -0.2) is 62.7 Å². The highest BCUT2D eigenvalue weighted by molar-refractivity contribution is 5.48. The molecular weight excluding hydrogens is 384 g/mol. The first-order chi connectivity index (χ1) is 15.0. The van der Waals surface area contributed by atoms with E-state index in [0.717, 1.165) is 38.5 Å². The van der Waals surface area contributed by atoms with E-state index >= 15 is 0 Å². The minimum absolute atomic E-state index is 0.0532. The van der Waals surface area contributed by atoms with E-state index in [1.54, 1.807) is 0 Å². The molecule has 0 radical (unpaired) electrons. The van der Waals surface area contributed by atoms with E-state index in [9.17, 15) is 0 Å². The Balaban J connectivity index is 1.47. The third kappa shape index (κ3) is 5.27. The van der Waals surface area contributed by atoms with Gasteiger partial charge in [0, 0.05) is 32.7 Å². The van der Waals surface area contributed by atoms with E-state index in [-0.39, 0.29) is 11.6 Å². The first kappa shape index (κ1) is 21.4. The van der Waals surface area contributed by atoms with Gasteiger partial charge in [-0.2, -0.15) is 0 Å². The average molecular weight is 417 g/mol. The van der Waals surface area contributed by atoms with Gasteiger partial charge in [0.2, 0.25) is 0 Å². The molecule has 0 bridgehead atoms. The van der Waals surface area contributed by atoms with Crippen molar-refractivity contribution in [3.8, 4) is 0 Å². The predicted octanol–water partition coefficient (Wildman–Crippen LogP) is 3.85. The summed E-state index contributed by atoms with van der Waals surface area (Å²) in [6.45, 7) is 11.4. The fraction of sp³-hybridized carbons (Fsp3) is 0.400. The van der Waals surface area contributed by atoms with E-state index in [0.29, 0.717) is 0 Å². The summed E-state index contributed by atoms with van der Waals surface area (Å²) < 4.78 is 1.97. The van der Waals surface area contributed by atoms with Gasteiger partial charge >= 0.3 is 0 Å². The van der Waals surface area contributed by atoms with Crippen LogP contribution in [0.1, 0.15) is 43.8 Å². The largest absolute Gasteiger partial charge is 0.297 e. The van der Waals surface area contributed by atoms with E-state index in [4.69, 9.17) is 0 Å². The van der Waals surface area contributed by atoms with Gasteiger partial charge in [-0.15, -0.1) is 5.10 Å². The van der Waals surface area contributed by atoms with Crippen LogP contribution in [0.4, 0.5) is 0 Å². The first-order valence-electron chi connectivity index (χ1n) is 11.0. The summed E-state index contributed by atoms with van der Waals surface area (Å²) in [5.74, 6) is 0.913. The molecule has 1 saturated heterocycles. The van der Waals surface area contributed by atoms with Crippen molar-refractivity contribution in [1.29, 1.82) is 0 Å². The lowest BCUT2D eigenvalue weighted by Crippen LogP contribution is -2.48. The lowest BCUT2D eigenvalue weighted by molar-refractivity contribution is 0.110. The average Bonchev–Trinajstić information content (AvgIpc) is 3.27. The molecule has 1 aromatic heterocycles. The summed E-state index contributed by atoms with van der Waals surface area (Å²) in [4.78, 5) is 5.02. The summed E-state index contributed by atoms with van der Waals surface area (Å²) in [6.07, 6.45) is 4.47. The second-order valence-corrected chi connectivity index (χ2v) is 9.08. The van der Waals surface area contributed by atoms with Crippen LogP contribution in [0.3, 0.4) is 0 Å². The molecule has 31 heavy (non-hydrogen) atoms. The molecule has 2 aromatic carbocycles. The van der Waals surface area contributed by atoms with Crippen LogP contribution >= 0.6 is 0 Å². The number of piperazine rings is 1. The Hall–Kier alpha value is -2.83. The number of benzene rings is 2. The predicted molar refractivity (Wildman–Crippen MR) is 125 cm³/mol. The molecule has 0 unspecified atom stereocenters. The van der Waals surface area contributed by atoms with Crippen molar-refractivity contribution < 1.29 is 0 Å². The Bertz CT molecular complexity index is 966. The SMILES string of the molecule is CC(C)(C)n1nnnc1[C@@H](c1ccccc1)N1CCN(C/C=C/c2ccccc2)CC1. The van der Waals surface area contributed by atoms with Crippen LogP contribution in [0.5, 0.6) is 0 Å². The molecule has 3 aromatic rings. The highest BCUT2D eigenvalue weighted by Gasteiger charge is 2.32. The van der Waals surface area contributed by atoms with Gasteiger partial charge in [0.25, 0.3) is 0 Å². The van der Waals surface area contributed by atoms with Crippen LogP contribution in [0.15, 0.2) is 66.7 Å². The smallest absolute Gasteiger partial charge is 0.173 e. The Morgan fingerprint density at radius 3 is 2.19 bits per heavy atom.